The van der Waals surface area contributed by atoms with Gasteiger partial charge in [-0.3, -0.25) is 0 Å². The molecule has 6 heavy (non-hydrogen) atoms. The summed E-state index contributed by atoms with van der Waals surface area (Å²) in [6.45, 7) is 2.39. The van der Waals surface area contributed by atoms with Crippen LogP contribution in [0.25, 0.3) is 0 Å². The van der Waals surface area contributed by atoms with Crippen LogP contribution in [-0.4, -0.2) is 6.54 Å². The van der Waals surface area contributed by atoms with Gasteiger partial charge < -0.3 is 5.73 Å². The molecule has 0 saturated heterocycles. The smallest absolute Gasteiger partial charge is 0.0307 e. The first-order valence-corrected chi connectivity index (χ1v) is 1.93. The Hall–Kier alpha value is -0.480. The van der Waals surface area contributed by atoms with Crippen molar-refractivity contribution in [2.75, 3.05) is 6.54 Å². The summed E-state index contributed by atoms with van der Waals surface area (Å²) in [6, 6.07) is 0. The first-order chi connectivity index (χ1) is 2.81. The van der Waals surface area contributed by atoms with Gasteiger partial charge in [0, 0.05) is 12.5 Å². The van der Waals surface area contributed by atoms with E-state index in [0.29, 0.717) is 6.54 Å². The lowest BCUT2D eigenvalue weighted by Gasteiger charge is -1.90. The maximum absolute atomic E-state index is 6.48. The van der Waals surface area contributed by atoms with Crippen molar-refractivity contribution in [3.63, 3.8) is 0 Å². The summed E-state index contributed by atoms with van der Waals surface area (Å²) >= 11 is 0. The average molecular weight is 82.1 g/mol. The monoisotopic (exact) mass is 82.1 g/mol. The van der Waals surface area contributed by atoms with E-state index in [9.17, 15) is 0 Å². The zero-order valence-electron chi connectivity index (χ0n) is 3.86. The van der Waals surface area contributed by atoms with Crippen LogP contribution in [0, 0.1) is 18.3 Å². The van der Waals surface area contributed by atoms with Gasteiger partial charge in [0.25, 0.3) is 0 Å². The molecule has 0 aliphatic carbocycles. The number of rotatable bonds is 1. The highest BCUT2D eigenvalue weighted by Gasteiger charge is 1.85. The highest BCUT2D eigenvalue weighted by Crippen LogP contribution is 1.82. The average Bonchev–Trinajstić information content (AvgIpc) is 1.65. The molecule has 0 aliphatic heterocycles. The topological polar surface area (TPSA) is 26.0 Å². The molecule has 0 saturated carbocycles. The molecule has 2 N–H and O–H groups in total. The number of nitrogens with two attached hydrogens (primary N) is 1. The minimum Gasteiger partial charge on any atom is -0.329 e. The van der Waals surface area contributed by atoms with E-state index in [4.69, 9.17) is 12.2 Å². The molecule has 1 atom stereocenters. The van der Waals surface area contributed by atoms with Crippen LogP contribution in [0.5, 0.6) is 0 Å². The highest BCUT2D eigenvalue weighted by atomic mass is 14.5. The molecule has 0 fully saturated rings. The summed E-state index contributed by atoms with van der Waals surface area (Å²) in [6.07, 6.45) is 6.48. The second-order valence-electron chi connectivity index (χ2n) is 1.28. The maximum atomic E-state index is 6.48. The summed E-state index contributed by atoms with van der Waals surface area (Å²) in [4.78, 5) is 0. The van der Waals surface area contributed by atoms with Gasteiger partial charge >= 0.3 is 0 Å². The first kappa shape index (κ1) is 5.52. The van der Waals surface area contributed by atoms with Gasteiger partial charge in [0.05, 0.1) is 0 Å². The van der Waals surface area contributed by atoms with Crippen molar-refractivity contribution in [1.82, 2.24) is 0 Å². The minimum absolute atomic E-state index is 0.130. The van der Waals surface area contributed by atoms with E-state index in [1.165, 1.54) is 0 Å². The van der Waals surface area contributed by atoms with E-state index < -0.39 is 0 Å². The fourth-order valence-corrected chi connectivity index (χ4v) is 0.0589. The van der Waals surface area contributed by atoms with Crippen molar-refractivity contribution in [2.45, 2.75) is 6.92 Å². The number of hydrogen-bond donors (Lipinski definition) is 1. The SMILES string of the molecule is [C]#CC(C)CN. The van der Waals surface area contributed by atoms with E-state index in [-0.39, 0.29) is 5.92 Å². The van der Waals surface area contributed by atoms with Crippen LogP contribution in [0.2, 0.25) is 0 Å². The summed E-state index contributed by atoms with van der Waals surface area (Å²) in [5.41, 5.74) is 5.10. The quantitative estimate of drug-likeness (QED) is 0.448. The van der Waals surface area contributed by atoms with Crippen LogP contribution in [0.15, 0.2) is 0 Å². The molecule has 1 nitrogen and oxygen atoms in total. The molecule has 33 valence electrons. The summed E-state index contributed by atoms with van der Waals surface area (Å²) < 4.78 is 0. The van der Waals surface area contributed by atoms with Crippen LogP contribution in [0.4, 0.5) is 0 Å². The normalized spacial score (nSPS) is 12.8. The molecule has 0 spiro atoms. The zero-order chi connectivity index (χ0) is 4.99. The second kappa shape index (κ2) is 2.74. The molecule has 0 heterocycles. The fraction of sp³-hybridized carbons (Fsp3) is 0.600. The first-order valence-electron chi connectivity index (χ1n) is 1.93. The molecule has 0 aromatic rings. The molecule has 0 rings (SSSR count). The molecule has 1 heteroatoms. The van der Waals surface area contributed by atoms with E-state index in [1.54, 1.807) is 0 Å². The molecule has 0 aromatic carbocycles. The molecular formula is C5H8N. The third-order valence-corrected chi connectivity index (χ3v) is 0.600. The van der Waals surface area contributed by atoms with E-state index in [2.05, 4.69) is 5.92 Å². The van der Waals surface area contributed by atoms with Gasteiger partial charge in [-0.05, 0) is 6.42 Å². The lowest BCUT2D eigenvalue weighted by Crippen LogP contribution is -2.07. The Morgan fingerprint density at radius 1 is 2.00 bits per heavy atom. The highest BCUT2D eigenvalue weighted by molar-refractivity contribution is 4.83. The van der Waals surface area contributed by atoms with Crippen LogP contribution in [0.3, 0.4) is 0 Å². The van der Waals surface area contributed by atoms with Crippen molar-refractivity contribution in [3.8, 4) is 5.92 Å². The van der Waals surface area contributed by atoms with Gasteiger partial charge in [0.1, 0.15) is 0 Å². The van der Waals surface area contributed by atoms with Crippen molar-refractivity contribution < 1.29 is 0 Å². The van der Waals surface area contributed by atoms with Crippen LogP contribution < -0.4 is 5.73 Å². The third kappa shape index (κ3) is 1.80. The molecule has 0 aromatic heterocycles. The zero-order valence-corrected chi connectivity index (χ0v) is 3.86. The number of hydrogen-bond acceptors (Lipinski definition) is 1. The molecular weight excluding hydrogens is 74.1 g/mol. The van der Waals surface area contributed by atoms with Crippen LogP contribution in [0.1, 0.15) is 6.92 Å². The maximum Gasteiger partial charge on any atom is 0.0307 e. The summed E-state index contributed by atoms with van der Waals surface area (Å²) in [5.74, 6) is 2.37. The van der Waals surface area contributed by atoms with Gasteiger partial charge in [-0.25, -0.2) is 0 Å². The Bertz CT molecular complexity index is 60.8. The van der Waals surface area contributed by atoms with E-state index >= 15 is 0 Å². The van der Waals surface area contributed by atoms with Crippen LogP contribution in [-0.2, 0) is 0 Å². The van der Waals surface area contributed by atoms with Gasteiger partial charge in [-0.15, -0.1) is 0 Å². The van der Waals surface area contributed by atoms with Crippen molar-refractivity contribution >= 4 is 0 Å². The Labute approximate surface area is 38.5 Å². The van der Waals surface area contributed by atoms with Gasteiger partial charge in [-0.1, -0.05) is 12.8 Å². The summed E-state index contributed by atoms with van der Waals surface area (Å²) in [5, 5.41) is 0. The van der Waals surface area contributed by atoms with Crippen molar-refractivity contribution in [3.05, 3.63) is 6.42 Å². The van der Waals surface area contributed by atoms with Gasteiger partial charge in [0.15, 0.2) is 0 Å². The van der Waals surface area contributed by atoms with Crippen molar-refractivity contribution in [2.24, 2.45) is 11.7 Å². The van der Waals surface area contributed by atoms with E-state index in [0.717, 1.165) is 0 Å². The Morgan fingerprint density at radius 3 is 2.50 bits per heavy atom. The Morgan fingerprint density at radius 2 is 2.50 bits per heavy atom. The third-order valence-electron chi connectivity index (χ3n) is 0.600. The molecule has 1 radical (unpaired) electrons. The predicted octanol–water partition coefficient (Wildman–Crippen LogP) is 0.171. The Balaban J connectivity index is 3.04. The molecule has 1 unspecified atom stereocenters. The second-order valence-corrected chi connectivity index (χ2v) is 1.28. The lowest BCUT2D eigenvalue weighted by molar-refractivity contribution is 0.766. The van der Waals surface area contributed by atoms with Crippen LogP contribution >= 0.6 is 0 Å². The molecule has 0 amide bonds. The minimum atomic E-state index is 0.130. The molecule has 0 bridgehead atoms. The fourth-order valence-electron chi connectivity index (χ4n) is 0.0589. The van der Waals surface area contributed by atoms with Gasteiger partial charge in [0.2, 0.25) is 0 Å². The lowest BCUT2D eigenvalue weighted by atomic mass is 10.2. The Kier molecular flexibility index (Phi) is 2.52. The van der Waals surface area contributed by atoms with Crippen molar-refractivity contribution in [1.29, 1.82) is 0 Å². The standard InChI is InChI=1S/C5H8N/c1-3-5(2)4-6/h5H,4,6H2,2H3. The predicted molar refractivity (Wildman–Crippen MR) is 25.3 cm³/mol. The largest absolute Gasteiger partial charge is 0.329 e. The molecule has 0 aliphatic rings. The van der Waals surface area contributed by atoms with Gasteiger partial charge in [-0.2, -0.15) is 0 Å². The summed E-state index contributed by atoms with van der Waals surface area (Å²) in [7, 11) is 0. The van der Waals surface area contributed by atoms with E-state index in [1.807, 2.05) is 6.92 Å².